The van der Waals surface area contributed by atoms with E-state index < -0.39 is 11.9 Å². The minimum absolute atomic E-state index is 0.0141. The fourth-order valence-electron chi connectivity index (χ4n) is 3.96. The van der Waals surface area contributed by atoms with E-state index in [0.29, 0.717) is 58.0 Å². The van der Waals surface area contributed by atoms with Gasteiger partial charge in [0.25, 0.3) is 0 Å². The highest BCUT2D eigenvalue weighted by molar-refractivity contribution is 7.78. The van der Waals surface area contributed by atoms with E-state index in [1.807, 2.05) is 34.1 Å². The minimum atomic E-state index is -0.959. The van der Waals surface area contributed by atoms with Gasteiger partial charge < -0.3 is 14.9 Å². The zero-order valence-electron chi connectivity index (χ0n) is 19.4. The number of carboxylic acids is 2. The predicted octanol–water partition coefficient (Wildman–Crippen LogP) is 1.03. The van der Waals surface area contributed by atoms with E-state index in [4.69, 9.17) is 4.74 Å². The lowest BCUT2D eigenvalue weighted by Gasteiger charge is -2.36. The Morgan fingerprint density at radius 1 is 1.00 bits per heavy atom. The number of nitrogens with zero attached hydrogens (tertiary/aromatic N) is 4. The number of isothiocyanates is 1. The highest BCUT2D eigenvalue weighted by Crippen LogP contribution is 2.17. The average molecular weight is 493 g/mol. The Morgan fingerprint density at radius 2 is 1.62 bits per heavy atom. The van der Waals surface area contributed by atoms with Crippen molar-refractivity contribution in [3.63, 3.8) is 0 Å². The largest absolute Gasteiger partial charge is 0.480 e. The second-order valence-electron chi connectivity index (χ2n) is 8.31. The van der Waals surface area contributed by atoms with Crippen LogP contribution in [0.4, 0.5) is 5.69 Å². The molecule has 1 aliphatic heterocycles. The van der Waals surface area contributed by atoms with Crippen molar-refractivity contribution in [2.45, 2.75) is 19.4 Å². The fourth-order valence-corrected chi connectivity index (χ4v) is 4.07. The molecule has 34 heavy (non-hydrogen) atoms. The van der Waals surface area contributed by atoms with E-state index in [2.05, 4.69) is 22.4 Å². The number of carboxylic acid groups (broad SMARTS) is 2. The molecule has 1 unspecified atom stereocenters. The quantitative estimate of drug-likeness (QED) is 0.382. The number of ether oxygens (including phenoxy) is 1. The molecule has 0 saturated carbocycles. The number of Topliss-reactive ketones (excluding diaryl/α,β-unsaturated/α-hetero) is 1. The maximum Gasteiger partial charge on any atom is 0.317 e. The van der Waals surface area contributed by atoms with Crippen molar-refractivity contribution in [2.24, 2.45) is 4.99 Å². The molecule has 1 aromatic rings. The summed E-state index contributed by atoms with van der Waals surface area (Å²) in [4.78, 5) is 44.4. The molecule has 1 heterocycles. The molecule has 2 N–H and O–H groups in total. The number of carbonyl (C=O) groups is 3. The maximum atomic E-state index is 12.0. The van der Waals surface area contributed by atoms with Crippen LogP contribution in [-0.4, -0.2) is 119 Å². The number of hydrogen-bond acceptors (Lipinski definition) is 9. The molecule has 10 nitrogen and oxygen atoms in total. The van der Waals surface area contributed by atoms with Crippen LogP contribution in [0.3, 0.4) is 0 Å². The number of ketones is 1. The lowest BCUT2D eigenvalue weighted by atomic mass is 10.0. The van der Waals surface area contributed by atoms with Crippen molar-refractivity contribution in [1.29, 1.82) is 0 Å². The van der Waals surface area contributed by atoms with Gasteiger partial charge in [0, 0.05) is 38.8 Å². The molecule has 1 aromatic carbocycles. The number of aliphatic imine (C=N–C) groups is 1. The van der Waals surface area contributed by atoms with Gasteiger partial charge in [-0.25, -0.2) is 0 Å². The number of thiocarbonyl (C=S) groups is 1. The Bertz CT molecular complexity index is 875. The smallest absolute Gasteiger partial charge is 0.317 e. The van der Waals surface area contributed by atoms with Crippen molar-refractivity contribution in [3.05, 3.63) is 29.8 Å². The molecule has 0 aromatic heterocycles. The van der Waals surface area contributed by atoms with Gasteiger partial charge >= 0.3 is 11.9 Å². The zero-order chi connectivity index (χ0) is 24.9. The van der Waals surface area contributed by atoms with Crippen LogP contribution in [0.5, 0.6) is 0 Å². The van der Waals surface area contributed by atoms with Crippen LogP contribution in [0.1, 0.15) is 12.5 Å². The molecule has 1 atom stereocenters. The predicted molar refractivity (Wildman–Crippen MR) is 130 cm³/mol. The molecular weight excluding hydrogens is 460 g/mol. The molecule has 0 bridgehead atoms. The SMILES string of the molecule is CC(=O)CN1CCOCCN(CC(=O)O)CCN(CC(=O)O)CC1Cc1ccc(N=C=S)cc1. The van der Waals surface area contributed by atoms with Crippen LogP contribution in [0, 0.1) is 0 Å². The van der Waals surface area contributed by atoms with Gasteiger partial charge in [-0.2, -0.15) is 4.99 Å². The number of hydrogen-bond donors (Lipinski definition) is 2. The van der Waals surface area contributed by atoms with Gasteiger partial charge in [-0.1, -0.05) is 12.1 Å². The van der Waals surface area contributed by atoms with Gasteiger partial charge in [-0.05, 0) is 43.3 Å². The third kappa shape index (κ3) is 10.6. The molecule has 1 fully saturated rings. The van der Waals surface area contributed by atoms with Crippen molar-refractivity contribution in [2.75, 3.05) is 65.6 Å². The first-order chi connectivity index (χ1) is 16.3. The summed E-state index contributed by atoms with van der Waals surface area (Å²) in [5, 5.41) is 21.0. The Kier molecular flexibility index (Phi) is 12.0. The van der Waals surface area contributed by atoms with Crippen LogP contribution < -0.4 is 0 Å². The van der Waals surface area contributed by atoms with E-state index in [9.17, 15) is 24.6 Å². The Morgan fingerprint density at radius 3 is 2.24 bits per heavy atom. The van der Waals surface area contributed by atoms with Gasteiger partial charge in [0.05, 0.1) is 43.7 Å². The highest BCUT2D eigenvalue weighted by atomic mass is 32.1. The van der Waals surface area contributed by atoms with Crippen molar-refractivity contribution < 1.29 is 29.3 Å². The van der Waals surface area contributed by atoms with Gasteiger partial charge in [0.1, 0.15) is 5.78 Å². The van der Waals surface area contributed by atoms with Crippen molar-refractivity contribution in [1.82, 2.24) is 14.7 Å². The van der Waals surface area contributed by atoms with Gasteiger partial charge in [-0.3, -0.25) is 29.1 Å². The number of carbonyl (C=O) groups excluding carboxylic acids is 1. The normalized spacial score (nSPS) is 19.4. The Hall–Kier alpha value is -2.53. The number of rotatable bonds is 9. The highest BCUT2D eigenvalue weighted by Gasteiger charge is 2.25. The maximum absolute atomic E-state index is 12.0. The summed E-state index contributed by atoms with van der Waals surface area (Å²) in [5.74, 6) is -1.89. The first-order valence-corrected chi connectivity index (χ1v) is 11.5. The lowest BCUT2D eigenvalue weighted by molar-refractivity contribution is -0.140. The minimum Gasteiger partial charge on any atom is -0.480 e. The summed E-state index contributed by atoms with van der Waals surface area (Å²) in [5.41, 5.74) is 1.70. The molecule has 11 heteroatoms. The van der Waals surface area contributed by atoms with Crippen molar-refractivity contribution >= 4 is 40.8 Å². The Balaban J connectivity index is 2.29. The second-order valence-corrected chi connectivity index (χ2v) is 8.49. The second kappa shape index (κ2) is 14.7. The third-order valence-electron chi connectivity index (χ3n) is 5.52. The van der Waals surface area contributed by atoms with Crippen LogP contribution >= 0.6 is 12.2 Å². The zero-order valence-corrected chi connectivity index (χ0v) is 20.2. The molecule has 0 radical (unpaired) electrons. The van der Waals surface area contributed by atoms with Gasteiger partial charge in [0.2, 0.25) is 0 Å². The first-order valence-electron chi connectivity index (χ1n) is 11.1. The van der Waals surface area contributed by atoms with Gasteiger partial charge in [0.15, 0.2) is 0 Å². The van der Waals surface area contributed by atoms with E-state index in [0.717, 1.165) is 5.56 Å². The van der Waals surface area contributed by atoms with Crippen LogP contribution in [0.25, 0.3) is 0 Å². The Labute approximate surface area is 204 Å². The first kappa shape index (κ1) is 27.7. The molecule has 2 rings (SSSR count). The molecule has 1 aliphatic rings. The van der Waals surface area contributed by atoms with E-state index in [1.54, 1.807) is 4.90 Å². The standard InChI is InChI=1S/C23H32N4O6S/c1-18(28)13-27-9-11-33-10-8-25(15-22(29)30)6-7-26(16-23(31)32)14-21(27)12-19-2-4-20(5-3-19)24-17-34/h2-5,21H,6-16H2,1H3,(H,29,30)(H,31,32). The summed E-state index contributed by atoms with van der Waals surface area (Å²) in [7, 11) is 0. The molecular formula is C23H32N4O6S. The van der Waals surface area contributed by atoms with Crippen LogP contribution in [-0.2, 0) is 25.5 Å². The van der Waals surface area contributed by atoms with Crippen molar-refractivity contribution in [3.8, 4) is 0 Å². The molecule has 0 spiro atoms. The monoisotopic (exact) mass is 492 g/mol. The van der Waals surface area contributed by atoms with E-state index in [-0.39, 0.29) is 31.5 Å². The molecule has 0 aliphatic carbocycles. The van der Waals surface area contributed by atoms with E-state index >= 15 is 0 Å². The van der Waals surface area contributed by atoms with Gasteiger partial charge in [-0.15, -0.1) is 0 Å². The summed E-state index contributed by atoms with van der Waals surface area (Å²) >= 11 is 4.65. The lowest BCUT2D eigenvalue weighted by Crippen LogP contribution is -2.51. The summed E-state index contributed by atoms with van der Waals surface area (Å²) < 4.78 is 5.74. The van der Waals surface area contributed by atoms with E-state index in [1.165, 1.54) is 6.92 Å². The summed E-state index contributed by atoms with van der Waals surface area (Å²) in [6.45, 7) is 4.29. The van der Waals surface area contributed by atoms with Crippen LogP contribution in [0.2, 0.25) is 0 Å². The number of aliphatic carboxylic acids is 2. The summed E-state index contributed by atoms with van der Waals surface area (Å²) in [6.07, 6.45) is 0.587. The number of benzene rings is 1. The molecule has 186 valence electrons. The van der Waals surface area contributed by atoms with Crippen LogP contribution in [0.15, 0.2) is 29.3 Å². The fraction of sp³-hybridized carbons (Fsp3) is 0.565. The summed E-state index contributed by atoms with van der Waals surface area (Å²) in [6, 6.07) is 7.38. The third-order valence-corrected chi connectivity index (χ3v) is 5.61. The topological polar surface area (TPSA) is 123 Å². The molecule has 0 amide bonds. The molecule has 1 saturated heterocycles. The average Bonchev–Trinajstić information content (AvgIpc) is 2.75.